The quantitative estimate of drug-likeness (QED) is 0.896. The van der Waals surface area contributed by atoms with Gasteiger partial charge in [-0.05, 0) is 37.5 Å². The van der Waals surface area contributed by atoms with Crippen molar-refractivity contribution in [2.24, 2.45) is 0 Å². The summed E-state index contributed by atoms with van der Waals surface area (Å²) in [6, 6.07) is 4.94. The second-order valence-corrected chi connectivity index (χ2v) is 4.88. The minimum atomic E-state index is -0.360. The molecule has 1 aromatic rings. The Hall–Kier alpha value is -0.770. The molecule has 1 fully saturated rings. The zero-order valence-electron chi connectivity index (χ0n) is 9.21. The Labute approximate surface area is 110 Å². The van der Waals surface area contributed by atoms with Gasteiger partial charge in [0, 0.05) is 22.3 Å². The Morgan fingerprint density at radius 1 is 1.24 bits per heavy atom. The van der Waals surface area contributed by atoms with Crippen LogP contribution in [0.5, 0.6) is 0 Å². The average Bonchev–Trinajstić information content (AvgIpc) is 2.28. The zero-order valence-corrected chi connectivity index (χ0v) is 10.7. The van der Waals surface area contributed by atoms with Crippen LogP contribution in [0.1, 0.15) is 19.3 Å². The monoisotopic (exact) mass is 273 g/mol. The minimum absolute atomic E-state index is 0.136. The molecule has 1 amide bonds. The summed E-state index contributed by atoms with van der Waals surface area (Å²) in [5.74, 6) is -0.136. The number of benzene rings is 1. The summed E-state index contributed by atoms with van der Waals surface area (Å²) in [4.78, 5) is 11.9. The predicted molar refractivity (Wildman–Crippen MR) is 68.7 cm³/mol. The van der Waals surface area contributed by atoms with Gasteiger partial charge in [0.05, 0.1) is 0 Å². The normalized spacial score (nSPS) is 20.0. The first kappa shape index (κ1) is 12.7. The molecule has 0 bridgehead atoms. The molecule has 1 aliphatic heterocycles. The van der Waals surface area contributed by atoms with E-state index in [4.69, 9.17) is 27.9 Å². The topological polar surface area (TPSA) is 38.3 Å². The number of hydrogen-bond donors (Lipinski definition) is 1. The summed E-state index contributed by atoms with van der Waals surface area (Å²) in [5, 5.41) is 3.76. The predicted octanol–water partition coefficient (Wildman–Crippen LogP) is 3.50. The number of halogens is 2. The summed E-state index contributed by atoms with van der Waals surface area (Å²) in [5.41, 5.74) is 0.599. The maximum atomic E-state index is 11.9. The summed E-state index contributed by atoms with van der Waals surface area (Å²) >= 11 is 11.7. The number of ether oxygens (including phenoxy) is 1. The van der Waals surface area contributed by atoms with Crippen molar-refractivity contribution in [2.75, 3.05) is 11.9 Å². The fraction of sp³-hybridized carbons (Fsp3) is 0.417. The Morgan fingerprint density at radius 3 is 2.53 bits per heavy atom. The van der Waals surface area contributed by atoms with E-state index >= 15 is 0 Å². The minimum Gasteiger partial charge on any atom is -0.368 e. The first-order valence-corrected chi connectivity index (χ1v) is 6.29. The van der Waals surface area contributed by atoms with Crippen LogP contribution in [-0.2, 0) is 9.53 Å². The fourth-order valence-corrected chi connectivity index (χ4v) is 2.32. The van der Waals surface area contributed by atoms with Crippen LogP contribution in [-0.4, -0.2) is 18.6 Å². The summed E-state index contributed by atoms with van der Waals surface area (Å²) in [6.45, 7) is 0.647. The van der Waals surface area contributed by atoms with Crippen molar-refractivity contribution in [1.82, 2.24) is 0 Å². The van der Waals surface area contributed by atoms with Crippen molar-refractivity contribution in [3.63, 3.8) is 0 Å². The largest absolute Gasteiger partial charge is 0.368 e. The molecular weight excluding hydrogens is 261 g/mol. The number of hydrogen-bond acceptors (Lipinski definition) is 2. The van der Waals surface area contributed by atoms with E-state index in [0.29, 0.717) is 22.3 Å². The highest BCUT2D eigenvalue weighted by atomic mass is 35.5. The molecular formula is C12H13Cl2NO2. The molecule has 1 N–H and O–H groups in total. The maximum absolute atomic E-state index is 11.9. The fourth-order valence-electron chi connectivity index (χ4n) is 1.80. The number of nitrogens with one attached hydrogen (secondary N) is 1. The summed E-state index contributed by atoms with van der Waals surface area (Å²) < 4.78 is 5.39. The molecule has 92 valence electrons. The van der Waals surface area contributed by atoms with Crippen LogP contribution in [0.2, 0.25) is 10.0 Å². The molecule has 2 rings (SSSR count). The lowest BCUT2D eigenvalue weighted by atomic mass is 10.1. The molecule has 17 heavy (non-hydrogen) atoms. The number of rotatable bonds is 2. The van der Waals surface area contributed by atoms with Gasteiger partial charge < -0.3 is 10.1 Å². The highest BCUT2D eigenvalue weighted by Crippen LogP contribution is 2.23. The third kappa shape index (κ3) is 3.60. The van der Waals surface area contributed by atoms with Crippen molar-refractivity contribution in [3.8, 4) is 0 Å². The van der Waals surface area contributed by atoms with Crippen LogP contribution < -0.4 is 5.32 Å². The van der Waals surface area contributed by atoms with Crippen molar-refractivity contribution < 1.29 is 9.53 Å². The Balaban J connectivity index is 2.01. The van der Waals surface area contributed by atoms with E-state index < -0.39 is 0 Å². The van der Waals surface area contributed by atoms with E-state index in [1.807, 2.05) is 0 Å². The lowest BCUT2D eigenvalue weighted by molar-refractivity contribution is -0.129. The third-order valence-corrected chi connectivity index (χ3v) is 3.04. The molecule has 5 heteroatoms. The van der Waals surface area contributed by atoms with Gasteiger partial charge in [0.2, 0.25) is 0 Å². The molecule has 1 atom stereocenters. The Kier molecular flexibility index (Phi) is 4.26. The van der Waals surface area contributed by atoms with Gasteiger partial charge in [-0.25, -0.2) is 0 Å². The number of amides is 1. The van der Waals surface area contributed by atoms with Crippen LogP contribution >= 0.6 is 23.2 Å². The first-order chi connectivity index (χ1) is 8.15. The lowest BCUT2D eigenvalue weighted by Gasteiger charge is -2.21. The lowest BCUT2D eigenvalue weighted by Crippen LogP contribution is -2.33. The van der Waals surface area contributed by atoms with E-state index in [9.17, 15) is 4.79 Å². The standard InChI is InChI=1S/C12H13Cl2NO2/c13-8-5-9(14)7-10(6-8)15-12(16)11-3-1-2-4-17-11/h5-7,11H,1-4H2,(H,15,16). The molecule has 0 aliphatic carbocycles. The molecule has 1 saturated heterocycles. The van der Waals surface area contributed by atoms with Gasteiger partial charge in [0.15, 0.2) is 0 Å². The highest BCUT2D eigenvalue weighted by molar-refractivity contribution is 6.35. The van der Waals surface area contributed by atoms with Crippen molar-refractivity contribution >= 4 is 34.8 Å². The number of carbonyl (C=O) groups is 1. The smallest absolute Gasteiger partial charge is 0.253 e. The molecule has 0 radical (unpaired) electrons. The van der Waals surface area contributed by atoms with Gasteiger partial charge >= 0.3 is 0 Å². The van der Waals surface area contributed by atoms with Crippen LogP contribution in [0.25, 0.3) is 0 Å². The molecule has 1 aromatic carbocycles. The van der Waals surface area contributed by atoms with Crippen LogP contribution in [0, 0.1) is 0 Å². The van der Waals surface area contributed by atoms with Gasteiger partial charge in [0.25, 0.3) is 5.91 Å². The third-order valence-electron chi connectivity index (χ3n) is 2.60. The number of carbonyl (C=O) groups excluding carboxylic acids is 1. The molecule has 0 spiro atoms. The summed E-state index contributed by atoms with van der Waals surface area (Å²) in [7, 11) is 0. The van der Waals surface area contributed by atoms with E-state index in [1.165, 1.54) is 0 Å². The van der Waals surface area contributed by atoms with E-state index in [-0.39, 0.29) is 12.0 Å². The van der Waals surface area contributed by atoms with Crippen LogP contribution in [0.3, 0.4) is 0 Å². The molecule has 1 heterocycles. The number of anilines is 1. The van der Waals surface area contributed by atoms with E-state index in [0.717, 1.165) is 19.3 Å². The Morgan fingerprint density at radius 2 is 1.94 bits per heavy atom. The van der Waals surface area contributed by atoms with Crippen LogP contribution in [0.4, 0.5) is 5.69 Å². The second-order valence-electron chi connectivity index (χ2n) is 4.00. The van der Waals surface area contributed by atoms with Crippen molar-refractivity contribution in [3.05, 3.63) is 28.2 Å². The van der Waals surface area contributed by atoms with E-state index in [2.05, 4.69) is 5.32 Å². The molecule has 0 saturated carbocycles. The van der Waals surface area contributed by atoms with Gasteiger partial charge in [0.1, 0.15) is 6.10 Å². The maximum Gasteiger partial charge on any atom is 0.253 e. The van der Waals surface area contributed by atoms with E-state index in [1.54, 1.807) is 18.2 Å². The van der Waals surface area contributed by atoms with Crippen LogP contribution in [0.15, 0.2) is 18.2 Å². The Bertz CT molecular complexity index is 397. The van der Waals surface area contributed by atoms with Gasteiger partial charge in [-0.2, -0.15) is 0 Å². The molecule has 1 aliphatic rings. The second kappa shape index (κ2) is 5.71. The van der Waals surface area contributed by atoms with Gasteiger partial charge in [-0.3, -0.25) is 4.79 Å². The van der Waals surface area contributed by atoms with Gasteiger partial charge in [-0.1, -0.05) is 23.2 Å². The van der Waals surface area contributed by atoms with Crippen molar-refractivity contribution in [1.29, 1.82) is 0 Å². The molecule has 0 aromatic heterocycles. The molecule has 1 unspecified atom stereocenters. The van der Waals surface area contributed by atoms with Gasteiger partial charge in [-0.15, -0.1) is 0 Å². The molecule has 3 nitrogen and oxygen atoms in total. The zero-order chi connectivity index (χ0) is 12.3. The summed E-state index contributed by atoms with van der Waals surface area (Å²) in [6.07, 6.45) is 2.45. The SMILES string of the molecule is O=C(Nc1cc(Cl)cc(Cl)c1)C1CCCCO1. The first-order valence-electron chi connectivity index (χ1n) is 5.54. The highest BCUT2D eigenvalue weighted by Gasteiger charge is 2.21. The van der Waals surface area contributed by atoms with Crippen molar-refractivity contribution in [2.45, 2.75) is 25.4 Å². The average molecular weight is 274 g/mol.